The number of esters is 1. The van der Waals surface area contributed by atoms with E-state index in [0.29, 0.717) is 28.7 Å². The zero-order chi connectivity index (χ0) is 23.8. The number of anilines is 2. The molecule has 0 aliphatic carbocycles. The molecule has 2 aromatic carbocycles. The standard InChI is InChI=1S/C25H21N5O3/c1-4-32-24(31)20(15-27)13-19-11-16(2)23(17(3)12-19)33-22-9-10-28-25(30-22)29-21-7-5-18(14-26)6-8-21/h5-13H,4H2,1-3H3,(H,28,29,30). The summed E-state index contributed by atoms with van der Waals surface area (Å²) in [5.41, 5.74) is 3.54. The van der Waals surface area contributed by atoms with Gasteiger partial charge in [-0.15, -0.1) is 0 Å². The number of nitrogens with one attached hydrogen (secondary N) is 1. The maximum Gasteiger partial charge on any atom is 0.348 e. The molecule has 33 heavy (non-hydrogen) atoms. The number of carbonyl (C=O) groups excluding carboxylic acids is 1. The van der Waals surface area contributed by atoms with Gasteiger partial charge in [0.15, 0.2) is 0 Å². The molecule has 0 spiro atoms. The van der Waals surface area contributed by atoms with Crippen LogP contribution in [0.5, 0.6) is 11.6 Å². The van der Waals surface area contributed by atoms with Crippen LogP contribution in [0, 0.1) is 36.5 Å². The number of carbonyl (C=O) groups is 1. The van der Waals surface area contributed by atoms with Crippen molar-refractivity contribution in [2.75, 3.05) is 11.9 Å². The van der Waals surface area contributed by atoms with Gasteiger partial charge in [0, 0.05) is 18.0 Å². The minimum absolute atomic E-state index is 0.0707. The molecule has 164 valence electrons. The Balaban J connectivity index is 1.81. The summed E-state index contributed by atoms with van der Waals surface area (Å²) in [6, 6.07) is 16.2. The Morgan fingerprint density at radius 2 is 1.82 bits per heavy atom. The Labute approximate surface area is 191 Å². The van der Waals surface area contributed by atoms with Crippen LogP contribution in [0.2, 0.25) is 0 Å². The second-order valence-electron chi connectivity index (χ2n) is 7.01. The molecule has 0 radical (unpaired) electrons. The highest BCUT2D eigenvalue weighted by Crippen LogP contribution is 2.30. The average molecular weight is 439 g/mol. The van der Waals surface area contributed by atoms with E-state index in [1.807, 2.05) is 32.0 Å². The summed E-state index contributed by atoms with van der Waals surface area (Å²) in [7, 11) is 0. The number of hydrogen-bond donors (Lipinski definition) is 1. The molecule has 0 bridgehead atoms. The van der Waals surface area contributed by atoms with Gasteiger partial charge in [-0.1, -0.05) is 0 Å². The molecule has 8 nitrogen and oxygen atoms in total. The molecule has 8 heteroatoms. The predicted molar refractivity (Wildman–Crippen MR) is 123 cm³/mol. The van der Waals surface area contributed by atoms with E-state index in [1.54, 1.807) is 43.5 Å². The van der Waals surface area contributed by atoms with Gasteiger partial charge in [0.25, 0.3) is 0 Å². The number of rotatable bonds is 7. The average Bonchev–Trinajstić information content (AvgIpc) is 2.81. The van der Waals surface area contributed by atoms with Crippen molar-refractivity contribution in [3.05, 3.63) is 76.5 Å². The molecule has 3 rings (SSSR count). The van der Waals surface area contributed by atoms with E-state index in [2.05, 4.69) is 21.4 Å². The molecule has 0 aliphatic rings. The van der Waals surface area contributed by atoms with Crippen molar-refractivity contribution in [3.63, 3.8) is 0 Å². The molecule has 0 saturated heterocycles. The molecule has 3 aromatic rings. The first-order chi connectivity index (χ1) is 15.9. The fraction of sp³-hybridized carbons (Fsp3) is 0.160. The molecule has 0 saturated carbocycles. The Morgan fingerprint density at radius 3 is 2.42 bits per heavy atom. The maximum atomic E-state index is 11.9. The lowest BCUT2D eigenvalue weighted by Crippen LogP contribution is -2.06. The Hall–Kier alpha value is -4.69. The van der Waals surface area contributed by atoms with E-state index in [4.69, 9.17) is 14.7 Å². The van der Waals surface area contributed by atoms with Gasteiger partial charge in [-0.3, -0.25) is 0 Å². The monoisotopic (exact) mass is 439 g/mol. The number of hydrogen-bond acceptors (Lipinski definition) is 8. The van der Waals surface area contributed by atoms with E-state index in [0.717, 1.165) is 16.8 Å². The van der Waals surface area contributed by atoms with Crippen molar-refractivity contribution in [3.8, 4) is 23.8 Å². The Kier molecular flexibility index (Phi) is 7.35. The fourth-order valence-electron chi connectivity index (χ4n) is 3.06. The number of aryl methyl sites for hydroxylation is 2. The minimum atomic E-state index is -0.654. The first-order valence-corrected chi connectivity index (χ1v) is 10.1. The third-order valence-corrected chi connectivity index (χ3v) is 4.52. The van der Waals surface area contributed by atoms with Crippen LogP contribution in [-0.4, -0.2) is 22.5 Å². The molecule has 1 N–H and O–H groups in total. The molecule has 0 unspecified atom stereocenters. The van der Waals surface area contributed by atoms with Crippen molar-refractivity contribution in [1.82, 2.24) is 9.97 Å². The Bertz CT molecular complexity index is 1260. The highest BCUT2D eigenvalue weighted by Gasteiger charge is 2.13. The first kappa shape index (κ1) is 23.0. The van der Waals surface area contributed by atoms with Crippen LogP contribution in [0.1, 0.15) is 29.2 Å². The minimum Gasteiger partial charge on any atom is -0.462 e. The second-order valence-corrected chi connectivity index (χ2v) is 7.01. The summed E-state index contributed by atoms with van der Waals surface area (Å²) in [6.07, 6.45) is 3.07. The largest absolute Gasteiger partial charge is 0.462 e. The van der Waals surface area contributed by atoms with Gasteiger partial charge < -0.3 is 14.8 Å². The van der Waals surface area contributed by atoms with Gasteiger partial charge in [-0.2, -0.15) is 15.5 Å². The fourth-order valence-corrected chi connectivity index (χ4v) is 3.06. The molecule has 0 amide bonds. The summed E-state index contributed by atoms with van der Waals surface area (Å²) in [5.74, 6) is 0.656. The molecule has 0 aliphatic heterocycles. The van der Waals surface area contributed by atoms with Gasteiger partial charge in [-0.05, 0) is 79.9 Å². The van der Waals surface area contributed by atoms with E-state index in [9.17, 15) is 10.1 Å². The lowest BCUT2D eigenvalue weighted by molar-refractivity contribution is -0.137. The number of nitrogens with zero attached hydrogens (tertiary/aromatic N) is 4. The number of nitriles is 2. The third kappa shape index (κ3) is 5.93. The van der Waals surface area contributed by atoms with Crippen LogP contribution in [0.3, 0.4) is 0 Å². The second kappa shape index (κ2) is 10.6. The lowest BCUT2D eigenvalue weighted by atomic mass is 10.0. The first-order valence-electron chi connectivity index (χ1n) is 10.1. The predicted octanol–water partition coefficient (Wildman–Crippen LogP) is 4.97. The summed E-state index contributed by atoms with van der Waals surface area (Å²) < 4.78 is 10.9. The van der Waals surface area contributed by atoms with Crippen LogP contribution in [-0.2, 0) is 9.53 Å². The topological polar surface area (TPSA) is 121 Å². The van der Waals surface area contributed by atoms with Crippen LogP contribution in [0.15, 0.2) is 54.2 Å². The van der Waals surface area contributed by atoms with Gasteiger partial charge in [0.2, 0.25) is 11.8 Å². The van der Waals surface area contributed by atoms with E-state index in [1.165, 1.54) is 6.08 Å². The Morgan fingerprint density at radius 1 is 1.12 bits per heavy atom. The van der Waals surface area contributed by atoms with Crippen LogP contribution in [0.25, 0.3) is 6.08 Å². The van der Waals surface area contributed by atoms with Gasteiger partial charge in [0.05, 0.1) is 18.2 Å². The smallest absolute Gasteiger partial charge is 0.348 e. The zero-order valence-electron chi connectivity index (χ0n) is 18.4. The summed E-state index contributed by atoms with van der Waals surface area (Å²) in [4.78, 5) is 20.5. The zero-order valence-corrected chi connectivity index (χ0v) is 18.4. The van der Waals surface area contributed by atoms with Crippen LogP contribution in [0.4, 0.5) is 11.6 Å². The lowest BCUT2D eigenvalue weighted by Gasteiger charge is -2.13. The molecular weight excluding hydrogens is 418 g/mol. The molecule has 1 aromatic heterocycles. The van der Waals surface area contributed by atoms with Crippen molar-refractivity contribution in [2.45, 2.75) is 20.8 Å². The van der Waals surface area contributed by atoms with Crippen molar-refractivity contribution < 1.29 is 14.3 Å². The van der Waals surface area contributed by atoms with Crippen molar-refractivity contribution in [1.29, 1.82) is 10.5 Å². The maximum absolute atomic E-state index is 11.9. The van der Waals surface area contributed by atoms with E-state index >= 15 is 0 Å². The highest BCUT2D eigenvalue weighted by molar-refractivity contribution is 5.97. The van der Waals surface area contributed by atoms with Crippen LogP contribution < -0.4 is 10.1 Å². The molecular formula is C25H21N5O3. The van der Waals surface area contributed by atoms with Crippen molar-refractivity contribution >= 4 is 23.7 Å². The summed E-state index contributed by atoms with van der Waals surface area (Å²) in [5, 5.41) is 21.2. The highest BCUT2D eigenvalue weighted by atomic mass is 16.5. The number of ether oxygens (including phenoxy) is 2. The van der Waals surface area contributed by atoms with Crippen molar-refractivity contribution in [2.24, 2.45) is 0 Å². The SMILES string of the molecule is CCOC(=O)C(C#N)=Cc1cc(C)c(Oc2ccnc(Nc3ccc(C#N)cc3)n2)c(C)c1. The molecule has 0 fully saturated rings. The van der Waals surface area contributed by atoms with Gasteiger partial charge in [-0.25, -0.2) is 9.78 Å². The van der Waals surface area contributed by atoms with E-state index < -0.39 is 5.97 Å². The van der Waals surface area contributed by atoms with E-state index in [-0.39, 0.29) is 12.2 Å². The molecule has 1 heterocycles. The number of aromatic nitrogens is 2. The number of benzene rings is 2. The summed E-state index contributed by atoms with van der Waals surface area (Å²) in [6.45, 7) is 5.62. The third-order valence-electron chi connectivity index (χ3n) is 4.52. The summed E-state index contributed by atoms with van der Waals surface area (Å²) >= 11 is 0. The van der Waals surface area contributed by atoms with Gasteiger partial charge >= 0.3 is 5.97 Å². The van der Waals surface area contributed by atoms with Crippen LogP contribution >= 0.6 is 0 Å². The molecule has 0 atom stereocenters. The normalized spacial score (nSPS) is 10.6. The quantitative estimate of drug-likeness (QED) is 0.311. The van der Waals surface area contributed by atoms with Gasteiger partial charge in [0.1, 0.15) is 17.4 Å².